The minimum absolute atomic E-state index is 0.0124. The molecule has 4 rings (SSSR count). The van der Waals surface area contributed by atoms with Crippen molar-refractivity contribution < 1.29 is 27.1 Å². The van der Waals surface area contributed by atoms with E-state index in [-0.39, 0.29) is 23.9 Å². The molecule has 33 heavy (non-hydrogen) atoms. The number of ether oxygens (including phenoxy) is 1. The van der Waals surface area contributed by atoms with Crippen molar-refractivity contribution >= 4 is 27.6 Å². The number of halogens is 1. The van der Waals surface area contributed by atoms with Crippen molar-refractivity contribution in [2.45, 2.75) is 30.7 Å². The van der Waals surface area contributed by atoms with Crippen molar-refractivity contribution in [2.24, 2.45) is 0 Å². The molecule has 0 atom stereocenters. The summed E-state index contributed by atoms with van der Waals surface area (Å²) in [6.07, 6.45) is 2.99. The van der Waals surface area contributed by atoms with Gasteiger partial charge < -0.3 is 10.1 Å². The lowest BCUT2D eigenvalue weighted by molar-refractivity contribution is 0.0518. The number of nitrogens with one attached hydrogen (secondary N) is 2. The predicted molar refractivity (Wildman–Crippen MR) is 117 cm³/mol. The van der Waals surface area contributed by atoms with E-state index in [1.165, 1.54) is 16.8 Å². The highest BCUT2D eigenvalue weighted by Gasteiger charge is 2.30. The number of carbonyl (C=O) groups is 2. The minimum Gasteiger partial charge on any atom is -0.461 e. The second-order valence-corrected chi connectivity index (χ2v) is 9.09. The van der Waals surface area contributed by atoms with Crippen molar-refractivity contribution in [1.82, 2.24) is 14.5 Å². The fourth-order valence-corrected chi connectivity index (χ4v) is 4.45. The van der Waals surface area contributed by atoms with E-state index < -0.39 is 32.6 Å². The van der Waals surface area contributed by atoms with Gasteiger partial charge in [-0.1, -0.05) is 6.07 Å². The molecule has 1 aliphatic carbocycles. The second kappa shape index (κ2) is 9.12. The van der Waals surface area contributed by atoms with Gasteiger partial charge in [0.15, 0.2) is 5.69 Å². The molecule has 1 fully saturated rings. The van der Waals surface area contributed by atoms with Gasteiger partial charge in [0.25, 0.3) is 5.91 Å². The van der Waals surface area contributed by atoms with Crippen LogP contribution in [0.3, 0.4) is 0 Å². The molecule has 1 amide bonds. The van der Waals surface area contributed by atoms with Crippen LogP contribution in [0.15, 0.2) is 59.6 Å². The number of carbonyl (C=O) groups excluding carboxylic acids is 2. The zero-order valence-corrected chi connectivity index (χ0v) is 18.4. The molecule has 2 aromatic carbocycles. The van der Waals surface area contributed by atoms with Crippen LogP contribution in [0.5, 0.6) is 0 Å². The Hall–Kier alpha value is -3.57. The number of anilines is 1. The van der Waals surface area contributed by atoms with Crippen molar-refractivity contribution in [1.29, 1.82) is 0 Å². The maximum absolute atomic E-state index is 14.2. The van der Waals surface area contributed by atoms with Gasteiger partial charge in [-0.25, -0.2) is 27.0 Å². The first-order chi connectivity index (χ1) is 15.8. The van der Waals surface area contributed by atoms with Gasteiger partial charge in [-0.05, 0) is 62.2 Å². The largest absolute Gasteiger partial charge is 0.461 e. The molecule has 3 aromatic rings. The Balaban J connectivity index is 1.53. The Morgan fingerprint density at radius 1 is 1.18 bits per heavy atom. The molecule has 0 saturated heterocycles. The highest BCUT2D eigenvalue weighted by molar-refractivity contribution is 7.89. The molecule has 0 spiro atoms. The Morgan fingerprint density at radius 2 is 1.97 bits per heavy atom. The van der Waals surface area contributed by atoms with Gasteiger partial charge in [0.2, 0.25) is 10.0 Å². The third-order valence-electron chi connectivity index (χ3n) is 4.82. The first-order valence-electron chi connectivity index (χ1n) is 10.2. The lowest BCUT2D eigenvalue weighted by Gasteiger charge is -2.10. The molecule has 172 valence electrons. The number of rotatable bonds is 8. The summed E-state index contributed by atoms with van der Waals surface area (Å²) in [5.74, 6) is -2.08. The second-order valence-electron chi connectivity index (χ2n) is 7.41. The zero-order valence-electron chi connectivity index (χ0n) is 17.6. The van der Waals surface area contributed by atoms with Crippen molar-refractivity contribution in [3.63, 3.8) is 0 Å². The average Bonchev–Trinajstić information content (AvgIpc) is 3.44. The van der Waals surface area contributed by atoms with E-state index in [2.05, 4.69) is 15.1 Å². The van der Waals surface area contributed by atoms with E-state index in [1.54, 1.807) is 37.4 Å². The summed E-state index contributed by atoms with van der Waals surface area (Å²) < 4.78 is 47.8. The number of esters is 1. The van der Waals surface area contributed by atoms with Crippen LogP contribution >= 0.6 is 0 Å². The van der Waals surface area contributed by atoms with Crippen molar-refractivity contribution in [3.05, 3.63) is 71.8 Å². The average molecular weight is 472 g/mol. The lowest BCUT2D eigenvalue weighted by atomic mass is 10.2. The molecular weight excluding hydrogens is 451 g/mol. The van der Waals surface area contributed by atoms with E-state index in [0.717, 1.165) is 12.1 Å². The molecule has 0 aliphatic heterocycles. The van der Waals surface area contributed by atoms with Gasteiger partial charge >= 0.3 is 5.97 Å². The van der Waals surface area contributed by atoms with Gasteiger partial charge in [-0.3, -0.25) is 4.79 Å². The molecule has 0 bridgehead atoms. The van der Waals surface area contributed by atoms with Gasteiger partial charge in [0, 0.05) is 23.5 Å². The Bertz CT molecular complexity index is 1320. The Morgan fingerprint density at radius 3 is 2.70 bits per heavy atom. The summed E-state index contributed by atoms with van der Waals surface area (Å²) >= 11 is 0. The first kappa shape index (κ1) is 22.6. The monoisotopic (exact) mass is 472 g/mol. The first-order valence-corrected chi connectivity index (χ1v) is 11.7. The third-order valence-corrected chi connectivity index (χ3v) is 6.36. The van der Waals surface area contributed by atoms with Crippen LogP contribution in [-0.2, 0) is 14.8 Å². The number of hydrogen-bond acceptors (Lipinski definition) is 6. The van der Waals surface area contributed by atoms with Crippen LogP contribution in [0, 0.1) is 5.82 Å². The topological polar surface area (TPSA) is 119 Å². The molecule has 1 heterocycles. The van der Waals surface area contributed by atoms with Gasteiger partial charge in [0.1, 0.15) is 10.7 Å². The summed E-state index contributed by atoms with van der Waals surface area (Å²) in [7, 11) is -4.06. The fourth-order valence-electron chi connectivity index (χ4n) is 3.05. The molecule has 11 heteroatoms. The van der Waals surface area contributed by atoms with Gasteiger partial charge in [0.05, 0.1) is 12.3 Å². The third kappa shape index (κ3) is 5.26. The smallest absolute Gasteiger partial charge is 0.358 e. The molecule has 9 nitrogen and oxygen atoms in total. The summed E-state index contributed by atoms with van der Waals surface area (Å²) in [6, 6.07) is 11.2. The number of aromatic nitrogens is 2. The summed E-state index contributed by atoms with van der Waals surface area (Å²) in [6.45, 7) is 1.93. The number of sulfonamides is 1. The SMILES string of the molecule is CCOC(=O)c1ccn(-c2cccc(NC(=O)c3ccc(F)c(S(=O)(=O)NC4CC4)c3)c2)n1. The number of amides is 1. The minimum atomic E-state index is -4.06. The molecule has 1 aromatic heterocycles. The maximum atomic E-state index is 14.2. The number of benzene rings is 2. The molecule has 0 radical (unpaired) electrons. The van der Waals surface area contributed by atoms with Crippen LogP contribution in [-0.4, -0.2) is 42.7 Å². The normalized spacial score (nSPS) is 13.5. The van der Waals surface area contributed by atoms with E-state index in [4.69, 9.17) is 4.74 Å². The van der Waals surface area contributed by atoms with Crippen LogP contribution in [0.2, 0.25) is 0 Å². The zero-order chi connectivity index (χ0) is 23.6. The lowest BCUT2D eigenvalue weighted by Crippen LogP contribution is -2.27. The van der Waals surface area contributed by atoms with E-state index in [0.29, 0.717) is 24.2 Å². The Kier molecular flexibility index (Phi) is 6.25. The highest BCUT2D eigenvalue weighted by Crippen LogP contribution is 2.24. The van der Waals surface area contributed by atoms with Crippen LogP contribution in [0.25, 0.3) is 5.69 Å². The molecule has 0 unspecified atom stereocenters. The maximum Gasteiger partial charge on any atom is 0.358 e. The molecule has 1 saturated carbocycles. The quantitative estimate of drug-likeness (QED) is 0.487. The number of hydrogen-bond donors (Lipinski definition) is 2. The molecule has 2 N–H and O–H groups in total. The van der Waals surface area contributed by atoms with E-state index >= 15 is 0 Å². The van der Waals surface area contributed by atoms with Crippen molar-refractivity contribution in [3.8, 4) is 5.69 Å². The van der Waals surface area contributed by atoms with Crippen LogP contribution in [0.1, 0.15) is 40.6 Å². The standard InChI is InChI=1S/C22H21FN4O5S/c1-2-32-22(29)19-10-11-27(25-19)17-5-3-4-16(13-17)24-21(28)14-6-9-18(23)20(12-14)33(30,31)26-15-7-8-15/h3-6,9-13,15,26H,2,7-8H2,1H3,(H,24,28). The van der Waals surface area contributed by atoms with E-state index in [1.807, 2.05) is 0 Å². The van der Waals surface area contributed by atoms with Crippen molar-refractivity contribution in [2.75, 3.05) is 11.9 Å². The fraction of sp³-hybridized carbons (Fsp3) is 0.227. The highest BCUT2D eigenvalue weighted by atomic mass is 32.2. The Labute approximate surface area is 189 Å². The molecular formula is C22H21FN4O5S. The summed E-state index contributed by atoms with van der Waals surface area (Å²) in [4.78, 5) is 24.0. The van der Waals surface area contributed by atoms with Crippen LogP contribution < -0.4 is 10.0 Å². The van der Waals surface area contributed by atoms with Gasteiger partial charge in [-0.15, -0.1) is 0 Å². The van der Waals surface area contributed by atoms with E-state index in [9.17, 15) is 22.4 Å². The number of nitrogens with zero attached hydrogens (tertiary/aromatic N) is 2. The molecule has 1 aliphatic rings. The van der Waals surface area contributed by atoms with Crippen LogP contribution in [0.4, 0.5) is 10.1 Å². The predicted octanol–water partition coefficient (Wildman–Crippen LogP) is 2.88. The van der Waals surface area contributed by atoms with Gasteiger partial charge in [-0.2, -0.15) is 5.10 Å². The summed E-state index contributed by atoms with van der Waals surface area (Å²) in [5, 5.41) is 6.83. The summed E-state index contributed by atoms with van der Waals surface area (Å²) in [5.41, 5.74) is 1.10.